The number of hydrogen-bond donors (Lipinski definition) is 2. The zero-order valence-corrected chi connectivity index (χ0v) is 16.0. The highest BCUT2D eigenvalue weighted by molar-refractivity contribution is 7.90. The minimum absolute atomic E-state index is 0.0409. The lowest BCUT2D eigenvalue weighted by Crippen LogP contribution is -2.35. The van der Waals surface area contributed by atoms with Crippen LogP contribution >= 0.6 is 0 Å². The molecule has 2 aromatic rings. The number of aryl methyl sites for hydroxylation is 3. The zero-order chi connectivity index (χ0) is 18.7. The molecule has 0 bridgehead atoms. The molecule has 0 atom stereocenters. The van der Waals surface area contributed by atoms with Crippen molar-refractivity contribution in [1.82, 2.24) is 9.44 Å². The van der Waals surface area contributed by atoms with Crippen molar-refractivity contribution in [2.45, 2.75) is 30.6 Å². The average molecular weight is 383 g/mol. The summed E-state index contributed by atoms with van der Waals surface area (Å²) in [5, 5.41) is 0. The van der Waals surface area contributed by atoms with E-state index in [-0.39, 0.29) is 22.9 Å². The summed E-state index contributed by atoms with van der Waals surface area (Å²) < 4.78 is 53.8. The first-order valence-corrected chi connectivity index (χ1v) is 10.7. The molecule has 2 aromatic carbocycles. The van der Waals surface area contributed by atoms with E-state index in [1.54, 1.807) is 31.2 Å². The van der Waals surface area contributed by atoms with Crippen molar-refractivity contribution in [1.29, 1.82) is 0 Å². The number of hydrogen-bond acceptors (Lipinski definition) is 4. The Morgan fingerprint density at radius 1 is 0.720 bits per heavy atom. The van der Waals surface area contributed by atoms with Gasteiger partial charge in [-0.3, -0.25) is 0 Å². The van der Waals surface area contributed by atoms with Gasteiger partial charge in [0.25, 0.3) is 0 Å². The molecule has 0 heterocycles. The van der Waals surface area contributed by atoms with Crippen LogP contribution in [0.15, 0.2) is 52.3 Å². The van der Waals surface area contributed by atoms with E-state index in [1.165, 1.54) is 12.1 Å². The minimum atomic E-state index is -3.69. The van der Waals surface area contributed by atoms with Crippen LogP contribution in [0.3, 0.4) is 0 Å². The lowest BCUT2D eigenvalue weighted by Gasteiger charge is -2.11. The Bertz CT molecular complexity index is 951. The summed E-state index contributed by atoms with van der Waals surface area (Å²) in [6, 6.07) is 11.6. The maximum Gasteiger partial charge on any atom is 0.240 e. The zero-order valence-electron chi connectivity index (χ0n) is 14.4. The van der Waals surface area contributed by atoms with Gasteiger partial charge >= 0.3 is 0 Å². The van der Waals surface area contributed by atoms with Crippen LogP contribution < -0.4 is 9.44 Å². The molecule has 0 aliphatic rings. The Morgan fingerprint density at radius 3 is 1.84 bits per heavy atom. The van der Waals surface area contributed by atoms with E-state index in [4.69, 9.17) is 0 Å². The first-order chi connectivity index (χ1) is 11.6. The molecule has 6 nitrogen and oxygen atoms in total. The van der Waals surface area contributed by atoms with Gasteiger partial charge in [-0.25, -0.2) is 26.3 Å². The van der Waals surface area contributed by atoms with Gasteiger partial charge in [0.2, 0.25) is 20.0 Å². The molecular formula is C17H22N2O4S2. The summed E-state index contributed by atoms with van der Waals surface area (Å²) in [5.74, 6) is 0. The van der Waals surface area contributed by atoms with E-state index in [0.717, 1.165) is 11.1 Å². The Kier molecular flexibility index (Phi) is 5.99. The smallest absolute Gasteiger partial charge is 0.210 e. The predicted molar refractivity (Wildman–Crippen MR) is 97.5 cm³/mol. The molecule has 0 aliphatic heterocycles. The van der Waals surface area contributed by atoms with Gasteiger partial charge in [-0.2, -0.15) is 0 Å². The Hall–Kier alpha value is -1.74. The third-order valence-electron chi connectivity index (χ3n) is 3.67. The fourth-order valence-corrected chi connectivity index (χ4v) is 4.64. The summed E-state index contributed by atoms with van der Waals surface area (Å²) in [6.45, 7) is 5.31. The van der Waals surface area contributed by atoms with Crippen molar-refractivity contribution >= 4 is 20.0 Å². The molecule has 0 aliphatic carbocycles. The number of sulfonamides is 2. The van der Waals surface area contributed by atoms with Crippen LogP contribution in [0.5, 0.6) is 0 Å². The molecule has 0 aromatic heterocycles. The quantitative estimate of drug-likeness (QED) is 0.715. The number of nitrogens with one attached hydrogen (secondary N) is 2. The molecule has 0 radical (unpaired) electrons. The topological polar surface area (TPSA) is 92.3 Å². The second-order valence-electron chi connectivity index (χ2n) is 5.88. The highest BCUT2D eigenvalue weighted by Crippen LogP contribution is 2.16. The molecule has 0 unspecified atom stereocenters. The van der Waals surface area contributed by atoms with Crippen LogP contribution in [0.1, 0.15) is 16.7 Å². The van der Waals surface area contributed by atoms with Crippen molar-refractivity contribution in [2.75, 3.05) is 13.1 Å². The maximum atomic E-state index is 12.3. The first kappa shape index (κ1) is 19.6. The van der Waals surface area contributed by atoms with Crippen molar-refractivity contribution in [3.63, 3.8) is 0 Å². The van der Waals surface area contributed by atoms with Crippen molar-refractivity contribution in [3.05, 3.63) is 59.2 Å². The highest BCUT2D eigenvalue weighted by Gasteiger charge is 2.17. The van der Waals surface area contributed by atoms with Crippen LogP contribution in [0, 0.1) is 20.8 Å². The lowest BCUT2D eigenvalue weighted by molar-refractivity contribution is 0.570. The van der Waals surface area contributed by atoms with Gasteiger partial charge in [0.05, 0.1) is 9.79 Å². The largest absolute Gasteiger partial charge is 0.240 e. The fourth-order valence-electron chi connectivity index (χ4n) is 2.25. The van der Waals surface area contributed by atoms with Gasteiger partial charge in [0.1, 0.15) is 0 Å². The maximum absolute atomic E-state index is 12.3. The van der Waals surface area contributed by atoms with Crippen molar-refractivity contribution in [2.24, 2.45) is 0 Å². The third kappa shape index (κ3) is 5.12. The molecule has 2 rings (SSSR count). The van der Waals surface area contributed by atoms with Gasteiger partial charge in [0.15, 0.2) is 0 Å². The Balaban J connectivity index is 1.98. The van der Waals surface area contributed by atoms with Crippen LogP contribution in [-0.2, 0) is 20.0 Å². The van der Waals surface area contributed by atoms with E-state index in [1.807, 2.05) is 19.9 Å². The van der Waals surface area contributed by atoms with E-state index in [0.29, 0.717) is 5.56 Å². The van der Waals surface area contributed by atoms with Gasteiger partial charge < -0.3 is 0 Å². The van der Waals surface area contributed by atoms with Gasteiger partial charge in [-0.1, -0.05) is 29.8 Å². The second kappa shape index (κ2) is 7.65. The summed E-state index contributed by atoms with van der Waals surface area (Å²) >= 11 is 0. The Labute approximate surface area is 149 Å². The molecule has 0 saturated carbocycles. The van der Waals surface area contributed by atoms with E-state index in [2.05, 4.69) is 9.44 Å². The van der Waals surface area contributed by atoms with Crippen molar-refractivity contribution < 1.29 is 16.8 Å². The summed E-state index contributed by atoms with van der Waals surface area (Å²) in [6.07, 6.45) is 0. The summed E-state index contributed by atoms with van der Waals surface area (Å²) in [5.41, 5.74) is 2.43. The molecule has 0 fully saturated rings. The van der Waals surface area contributed by atoms with E-state index >= 15 is 0 Å². The highest BCUT2D eigenvalue weighted by atomic mass is 32.2. The molecule has 0 amide bonds. The standard InChI is InChI=1S/C17H22N2O4S2/c1-13-5-8-16(9-6-13)24(20,21)18-10-11-19-25(22,23)17-12-14(2)4-7-15(17)3/h4-9,12,18-19H,10-11H2,1-3H3. The average Bonchev–Trinajstić information content (AvgIpc) is 2.54. The van der Waals surface area contributed by atoms with Crippen LogP contribution in [0.4, 0.5) is 0 Å². The summed E-state index contributed by atoms with van der Waals surface area (Å²) in [7, 11) is -7.35. The predicted octanol–water partition coefficient (Wildman–Crippen LogP) is 1.87. The summed E-state index contributed by atoms with van der Waals surface area (Å²) in [4.78, 5) is 0.351. The van der Waals surface area contributed by atoms with E-state index < -0.39 is 20.0 Å². The second-order valence-corrected chi connectivity index (χ2v) is 9.38. The molecule has 0 spiro atoms. The van der Waals surface area contributed by atoms with Gasteiger partial charge in [0, 0.05) is 13.1 Å². The van der Waals surface area contributed by atoms with Crippen molar-refractivity contribution in [3.8, 4) is 0 Å². The van der Waals surface area contributed by atoms with Gasteiger partial charge in [-0.05, 0) is 50.1 Å². The third-order valence-corrected chi connectivity index (χ3v) is 6.75. The molecule has 25 heavy (non-hydrogen) atoms. The fraction of sp³-hybridized carbons (Fsp3) is 0.294. The van der Waals surface area contributed by atoms with Crippen LogP contribution in [0.2, 0.25) is 0 Å². The first-order valence-electron chi connectivity index (χ1n) is 7.75. The molecule has 136 valence electrons. The number of benzene rings is 2. The number of rotatable bonds is 7. The molecular weight excluding hydrogens is 360 g/mol. The molecule has 0 saturated heterocycles. The Morgan fingerprint density at radius 2 is 1.24 bits per heavy atom. The van der Waals surface area contributed by atoms with Gasteiger partial charge in [-0.15, -0.1) is 0 Å². The molecule has 8 heteroatoms. The van der Waals surface area contributed by atoms with E-state index in [9.17, 15) is 16.8 Å². The SMILES string of the molecule is Cc1ccc(S(=O)(=O)NCCNS(=O)(=O)c2cc(C)ccc2C)cc1. The monoisotopic (exact) mass is 382 g/mol. The normalized spacial score (nSPS) is 12.3. The van der Waals surface area contributed by atoms with Crippen LogP contribution in [0.25, 0.3) is 0 Å². The molecule has 2 N–H and O–H groups in total. The van der Waals surface area contributed by atoms with Crippen LogP contribution in [-0.4, -0.2) is 29.9 Å². The lowest BCUT2D eigenvalue weighted by atomic mass is 10.2. The minimum Gasteiger partial charge on any atom is -0.210 e.